The Morgan fingerprint density at radius 2 is 1.46 bits per heavy atom. The fraction of sp³-hybridized carbons (Fsp3) is 0.222. The zero-order valence-electron chi connectivity index (χ0n) is 13.8. The van der Waals surface area contributed by atoms with E-state index in [1.165, 1.54) is 6.92 Å². The number of methoxy groups -OCH3 is 1. The van der Waals surface area contributed by atoms with Crippen molar-refractivity contribution < 1.29 is 19.1 Å². The van der Waals surface area contributed by atoms with Crippen LogP contribution in [0.15, 0.2) is 48.5 Å². The van der Waals surface area contributed by atoms with E-state index in [2.05, 4.69) is 10.6 Å². The molecule has 2 rings (SSSR count). The van der Waals surface area contributed by atoms with Gasteiger partial charge in [0.15, 0.2) is 17.6 Å². The van der Waals surface area contributed by atoms with E-state index in [-0.39, 0.29) is 11.8 Å². The molecule has 0 heterocycles. The van der Waals surface area contributed by atoms with Crippen LogP contribution in [0.5, 0.6) is 11.5 Å². The average molecular weight is 328 g/mol. The van der Waals surface area contributed by atoms with Crippen LogP contribution in [0.4, 0.5) is 11.4 Å². The SMILES string of the molecule is COc1ccccc1O[C@H](C)C(=O)Nc1ccc(NC(C)=O)cc1. The summed E-state index contributed by atoms with van der Waals surface area (Å²) in [4.78, 5) is 23.2. The van der Waals surface area contributed by atoms with Crippen LogP contribution < -0.4 is 20.1 Å². The standard InChI is InChI=1S/C18H20N2O4/c1-12(24-17-7-5-4-6-16(17)23-3)18(22)20-15-10-8-14(9-11-15)19-13(2)21/h4-12H,1-3H3,(H,19,21)(H,20,22)/t12-/m1/s1. The van der Waals surface area contributed by atoms with Gasteiger partial charge in [-0.3, -0.25) is 9.59 Å². The number of para-hydroxylation sites is 2. The molecule has 2 aromatic rings. The van der Waals surface area contributed by atoms with Crippen LogP contribution in [0.1, 0.15) is 13.8 Å². The van der Waals surface area contributed by atoms with Crippen molar-refractivity contribution in [2.24, 2.45) is 0 Å². The third-order valence-electron chi connectivity index (χ3n) is 3.21. The van der Waals surface area contributed by atoms with Crippen molar-refractivity contribution in [3.05, 3.63) is 48.5 Å². The highest BCUT2D eigenvalue weighted by Crippen LogP contribution is 2.27. The van der Waals surface area contributed by atoms with Crippen molar-refractivity contribution >= 4 is 23.2 Å². The second kappa shape index (κ2) is 8.01. The lowest BCUT2D eigenvalue weighted by atomic mass is 10.2. The summed E-state index contributed by atoms with van der Waals surface area (Å²) in [7, 11) is 1.55. The highest BCUT2D eigenvalue weighted by atomic mass is 16.5. The van der Waals surface area contributed by atoms with E-state index in [4.69, 9.17) is 9.47 Å². The highest BCUT2D eigenvalue weighted by molar-refractivity contribution is 5.94. The van der Waals surface area contributed by atoms with Gasteiger partial charge in [0.25, 0.3) is 5.91 Å². The van der Waals surface area contributed by atoms with Gasteiger partial charge in [-0.05, 0) is 43.3 Å². The molecule has 126 valence electrons. The number of rotatable bonds is 6. The molecule has 2 aromatic carbocycles. The van der Waals surface area contributed by atoms with E-state index in [0.717, 1.165) is 0 Å². The first kappa shape index (κ1) is 17.3. The summed E-state index contributed by atoms with van der Waals surface area (Å²) in [6.45, 7) is 3.10. The normalized spacial score (nSPS) is 11.3. The molecule has 0 fully saturated rings. The predicted octanol–water partition coefficient (Wildman–Crippen LogP) is 3.06. The predicted molar refractivity (Wildman–Crippen MR) is 92.5 cm³/mol. The maximum Gasteiger partial charge on any atom is 0.265 e. The maximum absolute atomic E-state index is 12.2. The quantitative estimate of drug-likeness (QED) is 0.854. The second-order valence-electron chi connectivity index (χ2n) is 5.16. The molecular formula is C18H20N2O4. The molecular weight excluding hydrogens is 308 g/mol. The summed E-state index contributed by atoms with van der Waals surface area (Å²) in [5.74, 6) is 0.638. The van der Waals surface area contributed by atoms with Crippen molar-refractivity contribution in [3.63, 3.8) is 0 Å². The average Bonchev–Trinajstić information content (AvgIpc) is 2.56. The zero-order chi connectivity index (χ0) is 17.5. The smallest absolute Gasteiger partial charge is 0.265 e. The third-order valence-corrected chi connectivity index (χ3v) is 3.21. The van der Waals surface area contributed by atoms with Crippen LogP contribution in [0, 0.1) is 0 Å². The van der Waals surface area contributed by atoms with Gasteiger partial charge in [-0.15, -0.1) is 0 Å². The van der Waals surface area contributed by atoms with Gasteiger partial charge < -0.3 is 20.1 Å². The minimum absolute atomic E-state index is 0.148. The van der Waals surface area contributed by atoms with Gasteiger partial charge in [0.1, 0.15) is 0 Å². The zero-order valence-corrected chi connectivity index (χ0v) is 13.8. The van der Waals surface area contributed by atoms with Crippen LogP contribution >= 0.6 is 0 Å². The first-order valence-electron chi connectivity index (χ1n) is 7.48. The minimum Gasteiger partial charge on any atom is -0.493 e. The first-order chi connectivity index (χ1) is 11.5. The Kier molecular flexibility index (Phi) is 5.78. The molecule has 1 atom stereocenters. The molecule has 0 saturated heterocycles. The van der Waals surface area contributed by atoms with Gasteiger partial charge in [0.05, 0.1) is 7.11 Å². The molecule has 2 amide bonds. The molecule has 0 unspecified atom stereocenters. The summed E-state index contributed by atoms with van der Waals surface area (Å²) in [5.41, 5.74) is 1.28. The van der Waals surface area contributed by atoms with Crippen molar-refractivity contribution in [2.75, 3.05) is 17.7 Å². The fourth-order valence-electron chi connectivity index (χ4n) is 2.04. The van der Waals surface area contributed by atoms with Crippen LogP contribution in [0.3, 0.4) is 0 Å². The molecule has 0 aliphatic carbocycles. The number of hydrogen-bond acceptors (Lipinski definition) is 4. The highest BCUT2D eigenvalue weighted by Gasteiger charge is 2.16. The van der Waals surface area contributed by atoms with E-state index in [0.29, 0.717) is 22.9 Å². The molecule has 0 radical (unpaired) electrons. The second-order valence-corrected chi connectivity index (χ2v) is 5.16. The lowest BCUT2D eigenvalue weighted by molar-refractivity contribution is -0.122. The number of nitrogens with one attached hydrogen (secondary N) is 2. The Labute approximate surface area is 140 Å². The third kappa shape index (κ3) is 4.74. The molecule has 6 nitrogen and oxygen atoms in total. The van der Waals surface area contributed by atoms with Crippen LogP contribution in [-0.4, -0.2) is 25.0 Å². The molecule has 0 bridgehead atoms. The van der Waals surface area contributed by atoms with Crippen molar-refractivity contribution in [1.29, 1.82) is 0 Å². The Bertz CT molecular complexity index is 713. The Hall–Kier alpha value is -3.02. The lowest BCUT2D eigenvalue weighted by Gasteiger charge is -2.16. The summed E-state index contributed by atoms with van der Waals surface area (Å²) >= 11 is 0. The Morgan fingerprint density at radius 3 is 2.00 bits per heavy atom. The topological polar surface area (TPSA) is 76.7 Å². The van der Waals surface area contributed by atoms with Gasteiger partial charge in [-0.25, -0.2) is 0 Å². The van der Waals surface area contributed by atoms with Gasteiger partial charge in [0, 0.05) is 18.3 Å². The van der Waals surface area contributed by atoms with E-state index in [1.807, 2.05) is 12.1 Å². The fourth-order valence-corrected chi connectivity index (χ4v) is 2.04. The van der Waals surface area contributed by atoms with Gasteiger partial charge in [0.2, 0.25) is 5.91 Å². The molecule has 2 N–H and O–H groups in total. The van der Waals surface area contributed by atoms with Gasteiger partial charge in [-0.2, -0.15) is 0 Å². The first-order valence-corrected chi connectivity index (χ1v) is 7.48. The van der Waals surface area contributed by atoms with E-state index in [1.54, 1.807) is 50.4 Å². The van der Waals surface area contributed by atoms with E-state index < -0.39 is 6.10 Å². The van der Waals surface area contributed by atoms with Crippen molar-refractivity contribution in [3.8, 4) is 11.5 Å². The summed E-state index contributed by atoms with van der Waals surface area (Å²) in [6, 6.07) is 14.0. The Morgan fingerprint density at radius 1 is 0.917 bits per heavy atom. The molecule has 0 aliphatic rings. The number of benzene rings is 2. The van der Waals surface area contributed by atoms with Crippen LogP contribution in [0.2, 0.25) is 0 Å². The van der Waals surface area contributed by atoms with E-state index in [9.17, 15) is 9.59 Å². The molecule has 0 saturated carbocycles. The minimum atomic E-state index is -0.698. The number of carbonyl (C=O) groups excluding carboxylic acids is 2. The Balaban J connectivity index is 1.97. The summed E-state index contributed by atoms with van der Waals surface area (Å²) in [5, 5.41) is 5.43. The van der Waals surface area contributed by atoms with Crippen molar-refractivity contribution in [2.45, 2.75) is 20.0 Å². The van der Waals surface area contributed by atoms with Crippen LogP contribution in [-0.2, 0) is 9.59 Å². The molecule has 0 aliphatic heterocycles. The van der Waals surface area contributed by atoms with Gasteiger partial charge >= 0.3 is 0 Å². The lowest BCUT2D eigenvalue weighted by Crippen LogP contribution is -2.30. The maximum atomic E-state index is 12.2. The molecule has 6 heteroatoms. The van der Waals surface area contributed by atoms with E-state index >= 15 is 0 Å². The van der Waals surface area contributed by atoms with Crippen LogP contribution in [0.25, 0.3) is 0 Å². The largest absolute Gasteiger partial charge is 0.493 e. The number of ether oxygens (including phenoxy) is 2. The van der Waals surface area contributed by atoms with Crippen molar-refractivity contribution in [1.82, 2.24) is 0 Å². The van der Waals surface area contributed by atoms with Gasteiger partial charge in [-0.1, -0.05) is 12.1 Å². The monoisotopic (exact) mass is 328 g/mol. The number of hydrogen-bond donors (Lipinski definition) is 2. The number of anilines is 2. The summed E-state index contributed by atoms with van der Waals surface area (Å²) < 4.78 is 10.9. The summed E-state index contributed by atoms with van der Waals surface area (Å²) in [6.07, 6.45) is -0.698. The molecule has 0 spiro atoms. The number of carbonyl (C=O) groups is 2. The number of amides is 2. The molecule has 24 heavy (non-hydrogen) atoms. The molecule has 0 aromatic heterocycles.